The molecule has 0 saturated heterocycles. The molecule has 1 aromatic rings. The van der Waals surface area contributed by atoms with E-state index in [9.17, 15) is 14.4 Å². The van der Waals surface area contributed by atoms with E-state index in [4.69, 9.17) is 11.6 Å². The maximum absolute atomic E-state index is 13.6. The number of hydrazine groups is 1. The van der Waals surface area contributed by atoms with Gasteiger partial charge in [0.25, 0.3) is 0 Å². The average molecular weight is 443 g/mol. The molecule has 9 heteroatoms. The van der Waals surface area contributed by atoms with Crippen molar-refractivity contribution in [3.8, 4) is 0 Å². The molecule has 0 saturated carbocycles. The maximum atomic E-state index is 13.6. The lowest BCUT2D eigenvalue weighted by Crippen LogP contribution is -2.55. The summed E-state index contributed by atoms with van der Waals surface area (Å²) in [6.07, 6.45) is 3.84. The molecule has 0 bridgehead atoms. The van der Waals surface area contributed by atoms with Crippen molar-refractivity contribution in [2.75, 3.05) is 11.4 Å². The standard InChI is InChI=1S/C23H34N6O3/c1-4-13(2)14(3)21(30)28-18-9-8-15-6-5-7-16-10-19(29(20(15)16)23(18)32)22(31)26-11-17(24)12-27-25/h5-7,12-14,18-19,27H,4,8-11,24-25H2,1-3H3,(H,26,31)(H,28,30)/b17-12-/t13-,14-,18-,19-/m0/s1. The highest BCUT2D eigenvalue weighted by Crippen LogP contribution is 2.39. The van der Waals surface area contributed by atoms with Crippen LogP contribution in [-0.4, -0.2) is 36.3 Å². The van der Waals surface area contributed by atoms with E-state index in [1.54, 1.807) is 4.90 Å². The zero-order valence-electron chi connectivity index (χ0n) is 19.0. The van der Waals surface area contributed by atoms with Crippen LogP contribution < -0.4 is 32.5 Å². The van der Waals surface area contributed by atoms with E-state index in [0.29, 0.717) is 25.0 Å². The summed E-state index contributed by atoms with van der Waals surface area (Å²) in [5, 5.41) is 5.74. The minimum Gasteiger partial charge on any atom is -0.399 e. The van der Waals surface area contributed by atoms with Crippen LogP contribution in [0.15, 0.2) is 30.1 Å². The summed E-state index contributed by atoms with van der Waals surface area (Å²) in [7, 11) is 0. The highest BCUT2D eigenvalue weighted by molar-refractivity contribution is 6.07. The predicted molar refractivity (Wildman–Crippen MR) is 123 cm³/mol. The zero-order chi connectivity index (χ0) is 23.4. The normalized spacial score (nSPS) is 21.9. The molecule has 2 heterocycles. The van der Waals surface area contributed by atoms with Gasteiger partial charge in [-0.2, -0.15) is 0 Å². The van der Waals surface area contributed by atoms with Gasteiger partial charge in [0.1, 0.15) is 12.1 Å². The number of anilines is 1. The molecule has 0 spiro atoms. The monoisotopic (exact) mass is 442 g/mol. The first-order valence-corrected chi connectivity index (χ1v) is 11.2. The van der Waals surface area contributed by atoms with Gasteiger partial charge in [-0.1, -0.05) is 45.4 Å². The molecule has 32 heavy (non-hydrogen) atoms. The molecule has 0 aliphatic carbocycles. The van der Waals surface area contributed by atoms with Crippen molar-refractivity contribution in [2.24, 2.45) is 23.4 Å². The van der Waals surface area contributed by atoms with Gasteiger partial charge in [0, 0.05) is 24.2 Å². The molecule has 7 N–H and O–H groups in total. The average Bonchev–Trinajstić information content (AvgIpc) is 3.12. The number of rotatable bonds is 8. The number of carbonyl (C=O) groups is 3. The quantitative estimate of drug-likeness (QED) is 0.292. The molecule has 2 aliphatic heterocycles. The number of hydrogen-bond donors (Lipinski definition) is 5. The second-order valence-corrected chi connectivity index (χ2v) is 8.73. The first-order chi connectivity index (χ1) is 15.3. The highest BCUT2D eigenvalue weighted by Gasteiger charge is 2.44. The van der Waals surface area contributed by atoms with Gasteiger partial charge >= 0.3 is 0 Å². The van der Waals surface area contributed by atoms with Gasteiger partial charge in [-0.25, -0.2) is 0 Å². The Balaban J connectivity index is 1.83. The van der Waals surface area contributed by atoms with E-state index in [1.807, 2.05) is 39.0 Å². The Kier molecular flexibility index (Phi) is 7.40. The molecule has 2 aliphatic rings. The Labute approximate surface area is 188 Å². The summed E-state index contributed by atoms with van der Waals surface area (Å²) in [6, 6.07) is 4.52. The van der Waals surface area contributed by atoms with Gasteiger partial charge in [-0.15, -0.1) is 0 Å². The van der Waals surface area contributed by atoms with Crippen LogP contribution in [0.1, 0.15) is 44.7 Å². The van der Waals surface area contributed by atoms with Gasteiger partial charge in [-0.3, -0.25) is 25.1 Å². The van der Waals surface area contributed by atoms with Crippen LogP contribution in [0.2, 0.25) is 0 Å². The number of nitrogens with zero attached hydrogens (tertiary/aromatic N) is 1. The lowest BCUT2D eigenvalue weighted by Gasteiger charge is -2.29. The number of benzene rings is 1. The third-order valence-corrected chi connectivity index (χ3v) is 6.67. The summed E-state index contributed by atoms with van der Waals surface area (Å²) in [6.45, 7) is 6.07. The molecule has 3 amide bonds. The molecule has 1 aromatic carbocycles. The van der Waals surface area contributed by atoms with Crippen LogP contribution in [0.25, 0.3) is 0 Å². The number of carbonyl (C=O) groups excluding carboxylic acids is 3. The fourth-order valence-corrected chi connectivity index (χ4v) is 4.35. The number of nitrogens with two attached hydrogens (primary N) is 2. The number of aryl methyl sites for hydroxylation is 1. The zero-order valence-corrected chi connectivity index (χ0v) is 19.0. The molecular formula is C23H34N6O3. The second-order valence-electron chi connectivity index (χ2n) is 8.73. The van der Waals surface area contributed by atoms with E-state index in [0.717, 1.165) is 23.2 Å². The smallest absolute Gasteiger partial charge is 0.250 e. The van der Waals surface area contributed by atoms with Gasteiger partial charge in [0.05, 0.1) is 12.2 Å². The molecule has 9 nitrogen and oxygen atoms in total. The first-order valence-electron chi connectivity index (χ1n) is 11.2. The van der Waals surface area contributed by atoms with Crippen molar-refractivity contribution in [3.05, 3.63) is 41.2 Å². The summed E-state index contributed by atoms with van der Waals surface area (Å²) >= 11 is 0. The van der Waals surface area contributed by atoms with E-state index >= 15 is 0 Å². The summed E-state index contributed by atoms with van der Waals surface area (Å²) < 4.78 is 0. The topological polar surface area (TPSA) is 143 Å². The number of amides is 3. The van der Waals surface area contributed by atoms with Crippen LogP contribution in [0, 0.1) is 11.8 Å². The summed E-state index contributed by atoms with van der Waals surface area (Å²) in [5.74, 6) is 4.56. The van der Waals surface area contributed by atoms with E-state index in [-0.39, 0.29) is 36.1 Å². The summed E-state index contributed by atoms with van der Waals surface area (Å²) in [5.41, 5.74) is 11.3. The van der Waals surface area contributed by atoms with Crippen LogP contribution in [-0.2, 0) is 27.2 Å². The van der Waals surface area contributed by atoms with Gasteiger partial charge in [-0.05, 0) is 29.9 Å². The fourth-order valence-electron chi connectivity index (χ4n) is 4.35. The van der Waals surface area contributed by atoms with Crippen molar-refractivity contribution < 1.29 is 14.4 Å². The Hall–Kier alpha value is -3.07. The highest BCUT2D eigenvalue weighted by atomic mass is 16.2. The second kappa shape index (κ2) is 10.0. The number of hydrogen-bond acceptors (Lipinski definition) is 6. The molecule has 0 fully saturated rings. The Bertz CT molecular complexity index is 915. The maximum Gasteiger partial charge on any atom is 0.250 e. The largest absolute Gasteiger partial charge is 0.399 e. The van der Waals surface area contributed by atoms with Crippen LogP contribution in [0.5, 0.6) is 0 Å². The molecule has 0 aromatic heterocycles. The molecule has 174 valence electrons. The van der Waals surface area contributed by atoms with Crippen molar-refractivity contribution in [3.63, 3.8) is 0 Å². The molecule has 0 radical (unpaired) electrons. The van der Waals surface area contributed by atoms with E-state index < -0.39 is 12.1 Å². The van der Waals surface area contributed by atoms with Gasteiger partial charge < -0.3 is 21.8 Å². The number of nitrogens with one attached hydrogen (secondary N) is 3. The van der Waals surface area contributed by atoms with Crippen LogP contribution >= 0.6 is 0 Å². The minimum absolute atomic E-state index is 0.108. The number of para-hydroxylation sites is 1. The lowest BCUT2D eigenvalue weighted by molar-refractivity contribution is -0.131. The summed E-state index contributed by atoms with van der Waals surface area (Å²) in [4.78, 5) is 41.0. The SMILES string of the molecule is CC[C@H](C)[C@H](C)C(=O)N[C@H]1CCc2cccc3c2N(C1=O)[C@H](C(=O)NC/C(N)=C/NN)C3. The van der Waals surface area contributed by atoms with Crippen molar-refractivity contribution in [1.29, 1.82) is 0 Å². The third-order valence-electron chi connectivity index (χ3n) is 6.67. The Morgan fingerprint density at radius 1 is 1.28 bits per heavy atom. The Morgan fingerprint density at radius 2 is 2.00 bits per heavy atom. The molecule has 3 rings (SSSR count). The molecule has 0 unspecified atom stereocenters. The fraction of sp³-hybridized carbons (Fsp3) is 0.522. The van der Waals surface area contributed by atoms with E-state index in [1.165, 1.54) is 6.20 Å². The minimum atomic E-state index is -0.693. The first kappa shape index (κ1) is 23.6. The van der Waals surface area contributed by atoms with Gasteiger partial charge in [0.15, 0.2) is 0 Å². The van der Waals surface area contributed by atoms with Crippen molar-refractivity contribution in [1.82, 2.24) is 16.1 Å². The lowest BCUT2D eigenvalue weighted by atomic mass is 9.92. The van der Waals surface area contributed by atoms with Gasteiger partial charge in [0.2, 0.25) is 17.7 Å². The predicted octanol–water partition coefficient (Wildman–Crippen LogP) is 0.437. The van der Waals surface area contributed by atoms with Crippen LogP contribution in [0.3, 0.4) is 0 Å². The Morgan fingerprint density at radius 3 is 2.69 bits per heavy atom. The van der Waals surface area contributed by atoms with Crippen molar-refractivity contribution >= 4 is 23.4 Å². The molecular weight excluding hydrogens is 408 g/mol. The van der Waals surface area contributed by atoms with Crippen LogP contribution in [0.4, 0.5) is 5.69 Å². The van der Waals surface area contributed by atoms with E-state index in [2.05, 4.69) is 16.1 Å². The van der Waals surface area contributed by atoms with Crippen molar-refractivity contribution in [2.45, 2.75) is 58.5 Å². The third kappa shape index (κ3) is 4.72. The molecule has 4 atom stereocenters.